The van der Waals surface area contributed by atoms with Crippen LogP contribution in [-0.4, -0.2) is 17.9 Å². The fourth-order valence-electron chi connectivity index (χ4n) is 3.39. The number of hydrogen-bond donors (Lipinski definition) is 2. The molecule has 0 unspecified atom stereocenters. The Morgan fingerprint density at radius 3 is 2.12 bits per heavy atom. The quantitative estimate of drug-likeness (QED) is 0.447. The number of carbonyl (C=O) groups is 2. The van der Waals surface area contributed by atoms with Gasteiger partial charge in [-0.15, -0.1) is 0 Å². The van der Waals surface area contributed by atoms with Crippen molar-refractivity contribution in [3.8, 4) is 5.75 Å². The van der Waals surface area contributed by atoms with Gasteiger partial charge in [0.05, 0.1) is 0 Å². The molecule has 0 aliphatic carbocycles. The number of ether oxygens (including phenoxy) is 1. The van der Waals surface area contributed by atoms with Gasteiger partial charge in [0.25, 0.3) is 11.8 Å². The van der Waals surface area contributed by atoms with Crippen molar-refractivity contribution in [2.75, 3.05) is 10.6 Å². The molecule has 172 valence electrons. The molecule has 0 bridgehead atoms. The lowest BCUT2D eigenvalue weighted by Crippen LogP contribution is -2.32. The summed E-state index contributed by atoms with van der Waals surface area (Å²) in [6.45, 7) is 10.3. The van der Waals surface area contributed by atoms with Crippen molar-refractivity contribution in [1.82, 2.24) is 0 Å². The molecule has 3 rings (SSSR count). The van der Waals surface area contributed by atoms with Crippen molar-refractivity contribution in [2.24, 2.45) is 0 Å². The maximum absolute atomic E-state index is 12.8. The van der Waals surface area contributed by atoms with Gasteiger partial charge in [0, 0.05) is 16.9 Å². The number of aryl methyl sites for hydroxylation is 1. The molecule has 0 saturated heterocycles. The third-order valence-electron chi connectivity index (χ3n) is 5.43. The third kappa shape index (κ3) is 6.45. The van der Waals surface area contributed by atoms with E-state index in [1.807, 2.05) is 62.4 Å². The predicted octanol–water partition coefficient (Wildman–Crippen LogP) is 6.34. The van der Waals surface area contributed by atoms with Crippen LogP contribution in [0.5, 0.6) is 5.75 Å². The molecule has 0 heterocycles. The maximum atomic E-state index is 12.8. The van der Waals surface area contributed by atoms with Gasteiger partial charge in [0.1, 0.15) is 5.75 Å². The van der Waals surface area contributed by atoms with Gasteiger partial charge in [-0.2, -0.15) is 0 Å². The highest BCUT2D eigenvalue weighted by molar-refractivity contribution is 6.04. The maximum Gasteiger partial charge on any atom is 0.265 e. The molecule has 3 aromatic rings. The van der Waals surface area contributed by atoms with E-state index in [1.165, 1.54) is 5.56 Å². The van der Waals surface area contributed by atoms with Gasteiger partial charge in [0.15, 0.2) is 6.10 Å². The largest absolute Gasteiger partial charge is 0.480 e. The van der Waals surface area contributed by atoms with Crippen LogP contribution in [0.3, 0.4) is 0 Å². The van der Waals surface area contributed by atoms with E-state index in [0.717, 1.165) is 5.56 Å². The number of nitrogens with one attached hydrogen (secondary N) is 2. The van der Waals surface area contributed by atoms with E-state index in [4.69, 9.17) is 4.74 Å². The first-order chi connectivity index (χ1) is 15.7. The van der Waals surface area contributed by atoms with Crippen LogP contribution < -0.4 is 15.4 Å². The smallest absolute Gasteiger partial charge is 0.265 e. The van der Waals surface area contributed by atoms with Gasteiger partial charge in [-0.1, -0.05) is 64.1 Å². The summed E-state index contributed by atoms with van der Waals surface area (Å²) < 4.78 is 5.93. The van der Waals surface area contributed by atoms with E-state index in [9.17, 15) is 9.59 Å². The summed E-state index contributed by atoms with van der Waals surface area (Å²) in [5.74, 6) is 0.258. The van der Waals surface area contributed by atoms with Crippen molar-refractivity contribution in [1.29, 1.82) is 0 Å². The number of amides is 2. The zero-order valence-electron chi connectivity index (χ0n) is 19.9. The van der Waals surface area contributed by atoms with E-state index in [1.54, 1.807) is 24.3 Å². The molecule has 0 fully saturated rings. The summed E-state index contributed by atoms with van der Waals surface area (Å²) in [5.41, 5.74) is 3.94. The third-order valence-corrected chi connectivity index (χ3v) is 5.43. The van der Waals surface area contributed by atoms with Crippen LogP contribution in [0.1, 0.15) is 55.6 Å². The van der Waals surface area contributed by atoms with E-state index < -0.39 is 6.10 Å². The SMILES string of the molecule is CC[C@@H](Oc1ccccc1C)C(=O)Nc1cccc(NC(=O)c2ccc(C(C)(C)C)cc2)c1. The summed E-state index contributed by atoms with van der Waals surface area (Å²) >= 11 is 0. The molecule has 0 spiro atoms. The average Bonchev–Trinajstić information content (AvgIpc) is 2.78. The van der Waals surface area contributed by atoms with Gasteiger partial charge < -0.3 is 15.4 Å². The van der Waals surface area contributed by atoms with Gasteiger partial charge in [-0.25, -0.2) is 0 Å². The molecule has 5 nitrogen and oxygen atoms in total. The Morgan fingerprint density at radius 2 is 1.52 bits per heavy atom. The zero-order chi connectivity index (χ0) is 24.0. The molecule has 33 heavy (non-hydrogen) atoms. The first kappa shape index (κ1) is 24.1. The number of hydrogen-bond acceptors (Lipinski definition) is 3. The monoisotopic (exact) mass is 444 g/mol. The Morgan fingerprint density at radius 1 is 0.879 bits per heavy atom. The topological polar surface area (TPSA) is 67.4 Å². The standard InChI is InChI=1S/C28H32N2O3/c1-6-24(33-25-13-8-7-10-19(25)2)27(32)30-23-12-9-11-22(18-23)29-26(31)20-14-16-21(17-15-20)28(3,4)5/h7-18,24H,6H2,1-5H3,(H,29,31)(H,30,32)/t24-/m1/s1. The zero-order valence-corrected chi connectivity index (χ0v) is 19.9. The Kier molecular flexibility index (Phi) is 7.54. The lowest BCUT2D eigenvalue weighted by Gasteiger charge is -2.19. The molecule has 0 aliphatic heterocycles. The molecule has 0 aromatic heterocycles. The Hall–Kier alpha value is -3.60. The van der Waals surface area contributed by atoms with E-state index in [0.29, 0.717) is 29.1 Å². The molecule has 1 atom stereocenters. The Bertz CT molecular complexity index is 1110. The molecule has 0 aliphatic rings. The first-order valence-electron chi connectivity index (χ1n) is 11.2. The molecule has 3 aromatic carbocycles. The predicted molar refractivity (Wildman–Crippen MR) is 134 cm³/mol. The minimum absolute atomic E-state index is 0.0286. The summed E-state index contributed by atoms with van der Waals surface area (Å²) in [7, 11) is 0. The van der Waals surface area contributed by atoms with Gasteiger partial charge in [-0.05, 0) is 66.3 Å². The van der Waals surface area contributed by atoms with Crippen LogP contribution in [0, 0.1) is 6.92 Å². The van der Waals surface area contributed by atoms with E-state index in [2.05, 4.69) is 31.4 Å². The van der Waals surface area contributed by atoms with Crippen molar-refractivity contribution in [3.05, 3.63) is 89.5 Å². The molecule has 2 N–H and O–H groups in total. The van der Waals surface area contributed by atoms with Crippen molar-refractivity contribution < 1.29 is 14.3 Å². The van der Waals surface area contributed by atoms with Crippen LogP contribution in [0.25, 0.3) is 0 Å². The first-order valence-corrected chi connectivity index (χ1v) is 11.2. The van der Waals surface area contributed by atoms with Gasteiger partial charge in [-0.3, -0.25) is 9.59 Å². The van der Waals surface area contributed by atoms with Crippen molar-refractivity contribution >= 4 is 23.2 Å². The highest BCUT2D eigenvalue weighted by Crippen LogP contribution is 2.23. The van der Waals surface area contributed by atoms with Crippen LogP contribution in [0.15, 0.2) is 72.8 Å². The number of rotatable bonds is 7. The molecule has 0 radical (unpaired) electrons. The highest BCUT2D eigenvalue weighted by Gasteiger charge is 2.20. The lowest BCUT2D eigenvalue weighted by atomic mass is 9.87. The van der Waals surface area contributed by atoms with Crippen LogP contribution in [0.4, 0.5) is 11.4 Å². The second-order valence-corrected chi connectivity index (χ2v) is 9.13. The van der Waals surface area contributed by atoms with Gasteiger partial charge in [0.2, 0.25) is 0 Å². The molecular formula is C28H32N2O3. The fourth-order valence-corrected chi connectivity index (χ4v) is 3.39. The summed E-state index contributed by atoms with van der Waals surface area (Å²) in [6.07, 6.45) is -0.0908. The van der Waals surface area contributed by atoms with E-state index >= 15 is 0 Å². The van der Waals surface area contributed by atoms with Crippen LogP contribution in [-0.2, 0) is 10.2 Å². The van der Waals surface area contributed by atoms with E-state index in [-0.39, 0.29) is 17.2 Å². The average molecular weight is 445 g/mol. The normalized spacial score (nSPS) is 12.0. The molecule has 0 saturated carbocycles. The Labute approximate surface area is 196 Å². The molecule has 5 heteroatoms. The summed E-state index contributed by atoms with van der Waals surface area (Å²) in [6, 6.07) is 22.3. The van der Waals surface area contributed by atoms with Crippen LogP contribution >= 0.6 is 0 Å². The second-order valence-electron chi connectivity index (χ2n) is 9.13. The minimum Gasteiger partial charge on any atom is -0.480 e. The number of para-hydroxylation sites is 1. The number of carbonyl (C=O) groups excluding carboxylic acids is 2. The summed E-state index contributed by atoms with van der Waals surface area (Å²) in [5, 5.41) is 5.79. The van der Waals surface area contributed by atoms with Gasteiger partial charge >= 0.3 is 0 Å². The summed E-state index contributed by atoms with van der Waals surface area (Å²) in [4.78, 5) is 25.5. The van der Waals surface area contributed by atoms with Crippen LogP contribution in [0.2, 0.25) is 0 Å². The second kappa shape index (κ2) is 10.3. The molecule has 2 amide bonds. The highest BCUT2D eigenvalue weighted by atomic mass is 16.5. The minimum atomic E-state index is -0.620. The number of anilines is 2. The van der Waals surface area contributed by atoms with Crippen molar-refractivity contribution in [2.45, 2.75) is 52.6 Å². The number of benzene rings is 3. The van der Waals surface area contributed by atoms with Crippen molar-refractivity contribution in [3.63, 3.8) is 0 Å². The fraction of sp³-hybridized carbons (Fsp3) is 0.286. The Balaban J connectivity index is 1.65. The lowest BCUT2D eigenvalue weighted by molar-refractivity contribution is -0.122. The molecular weight excluding hydrogens is 412 g/mol.